The molecule has 1 rings (SSSR count). The first kappa shape index (κ1) is 12.6. The fourth-order valence-electron chi connectivity index (χ4n) is 1.38. The third-order valence-electron chi connectivity index (χ3n) is 2.12. The second kappa shape index (κ2) is 6.91. The SMILES string of the molecule is CCSc1ccc(CNCC(C)C)cc1. The number of benzene rings is 1. The van der Waals surface area contributed by atoms with E-state index in [9.17, 15) is 0 Å². The van der Waals surface area contributed by atoms with Crippen LogP contribution in [0.3, 0.4) is 0 Å². The van der Waals surface area contributed by atoms with E-state index < -0.39 is 0 Å². The Morgan fingerprint density at radius 3 is 2.40 bits per heavy atom. The van der Waals surface area contributed by atoms with Gasteiger partial charge < -0.3 is 5.32 Å². The van der Waals surface area contributed by atoms with Gasteiger partial charge in [-0.15, -0.1) is 11.8 Å². The smallest absolute Gasteiger partial charge is 0.0205 e. The van der Waals surface area contributed by atoms with E-state index in [1.165, 1.54) is 10.5 Å². The van der Waals surface area contributed by atoms with Crippen molar-refractivity contribution in [2.75, 3.05) is 12.3 Å². The van der Waals surface area contributed by atoms with Gasteiger partial charge in [-0.05, 0) is 35.9 Å². The van der Waals surface area contributed by atoms with Crippen molar-refractivity contribution in [1.82, 2.24) is 5.32 Å². The number of thioether (sulfide) groups is 1. The first-order valence-corrected chi connectivity index (χ1v) is 6.63. The molecule has 0 aliphatic heterocycles. The first-order valence-electron chi connectivity index (χ1n) is 5.64. The average molecular weight is 223 g/mol. The molecular weight excluding hydrogens is 202 g/mol. The quantitative estimate of drug-likeness (QED) is 0.740. The predicted octanol–water partition coefficient (Wildman–Crippen LogP) is 3.54. The molecule has 1 aromatic carbocycles. The first-order chi connectivity index (χ1) is 7.22. The highest BCUT2D eigenvalue weighted by Crippen LogP contribution is 2.17. The van der Waals surface area contributed by atoms with Crippen LogP contribution in [0.1, 0.15) is 26.3 Å². The van der Waals surface area contributed by atoms with Crippen molar-refractivity contribution in [3.63, 3.8) is 0 Å². The standard InChI is InChI=1S/C13H21NS/c1-4-15-13-7-5-12(6-8-13)10-14-9-11(2)3/h5-8,11,14H,4,9-10H2,1-3H3. The van der Waals surface area contributed by atoms with Gasteiger partial charge in [0.15, 0.2) is 0 Å². The van der Waals surface area contributed by atoms with Crippen molar-refractivity contribution in [1.29, 1.82) is 0 Å². The topological polar surface area (TPSA) is 12.0 Å². The van der Waals surface area contributed by atoms with Gasteiger partial charge in [-0.1, -0.05) is 32.9 Å². The molecule has 1 nitrogen and oxygen atoms in total. The van der Waals surface area contributed by atoms with Crippen molar-refractivity contribution in [3.05, 3.63) is 29.8 Å². The molecule has 1 N–H and O–H groups in total. The fraction of sp³-hybridized carbons (Fsp3) is 0.538. The third-order valence-corrected chi connectivity index (χ3v) is 3.01. The molecule has 0 radical (unpaired) electrons. The van der Waals surface area contributed by atoms with Gasteiger partial charge in [0.1, 0.15) is 0 Å². The minimum atomic E-state index is 0.722. The largest absolute Gasteiger partial charge is 0.312 e. The van der Waals surface area contributed by atoms with Crippen LogP contribution in [0, 0.1) is 5.92 Å². The second-order valence-corrected chi connectivity index (χ2v) is 5.44. The molecule has 1 aromatic rings. The van der Waals surface area contributed by atoms with Crippen molar-refractivity contribution >= 4 is 11.8 Å². The van der Waals surface area contributed by atoms with E-state index in [4.69, 9.17) is 0 Å². The Hall–Kier alpha value is -0.470. The zero-order valence-electron chi connectivity index (χ0n) is 9.92. The lowest BCUT2D eigenvalue weighted by Gasteiger charge is -2.07. The molecule has 84 valence electrons. The van der Waals surface area contributed by atoms with Crippen LogP contribution >= 0.6 is 11.8 Å². The molecule has 0 aliphatic carbocycles. The summed E-state index contributed by atoms with van der Waals surface area (Å²) >= 11 is 1.89. The Morgan fingerprint density at radius 1 is 1.20 bits per heavy atom. The van der Waals surface area contributed by atoms with Crippen LogP contribution in [-0.4, -0.2) is 12.3 Å². The van der Waals surface area contributed by atoms with E-state index >= 15 is 0 Å². The summed E-state index contributed by atoms with van der Waals surface area (Å²) in [6.07, 6.45) is 0. The molecule has 0 atom stereocenters. The van der Waals surface area contributed by atoms with Crippen LogP contribution < -0.4 is 5.32 Å². The van der Waals surface area contributed by atoms with Gasteiger partial charge in [-0.25, -0.2) is 0 Å². The van der Waals surface area contributed by atoms with E-state index in [0.717, 1.165) is 24.8 Å². The van der Waals surface area contributed by atoms with Gasteiger partial charge in [0.05, 0.1) is 0 Å². The van der Waals surface area contributed by atoms with E-state index in [0.29, 0.717) is 0 Å². The van der Waals surface area contributed by atoms with E-state index in [2.05, 4.69) is 50.4 Å². The summed E-state index contributed by atoms with van der Waals surface area (Å²) in [5.74, 6) is 1.87. The van der Waals surface area contributed by atoms with Crippen LogP contribution in [0.4, 0.5) is 0 Å². The number of hydrogen-bond donors (Lipinski definition) is 1. The maximum atomic E-state index is 3.45. The molecule has 0 aromatic heterocycles. The summed E-state index contributed by atoms with van der Waals surface area (Å²) in [4.78, 5) is 1.37. The highest BCUT2D eigenvalue weighted by molar-refractivity contribution is 7.99. The van der Waals surface area contributed by atoms with Gasteiger partial charge in [0.2, 0.25) is 0 Å². The highest BCUT2D eigenvalue weighted by Gasteiger charge is 1.96. The Kier molecular flexibility index (Phi) is 5.81. The monoisotopic (exact) mass is 223 g/mol. The van der Waals surface area contributed by atoms with Crippen molar-refractivity contribution in [2.24, 2.45) is 5.92 Å². The Bertz CT molecular complexity index is 266. The highest BCUT2D eigenvalue weighted by atomic mass is 32.2. The molecule has 0 saturated carbocycles. The molecule has 0 spiro atoms. The molecule has 0 unspecified atom stereocenters. The lowest BCUT2D eigenvalue weighted by atomic mass is 10.2. The summed E-state index contributed by atoms with van der Waals surface area (Å²) in [6.45, 7) is 8.71. The van der Waals surface area contributed by atoms with E-state index in [1.54, 1.807) is 0 Å². The van der Waals surface area contributed by atoms with E-state index in [1.807, 2.05) is 11.8 Å². The van der Waals surface area contributed by atoms with Crippen LogP contribution in [0.2, 0.25) is 0 Å². The Morgan fingerprint density at radius 2 is 1.87 bits per heavy atom. The van der Waals surface area contributed by atoms with Crippen LogP contribution in [-0.2, 0) is 6.54 Å². The average Bonchev–Trinajstić information content (AvgIpc) is 2.20. The molecule has 0 bridgehead atoms. The number of rotatable bonds is 6. The van der Waals surface area contributed by atoms with Crippen molar-refractivity contribution < 1.29 is 0 Å². The zero-order valence-corrected chi connectivity index (χ0v) is 10.7. The molecule has 0 aliphatic rings. The summed E-state index contributed by atoms with van der Waals surface area (Å²) < 4.78 is 0. The van der Waals surface area contributed by atoms with Crippen molar-refractivity contribution in [3.8, 4) is 0 Å². The minimum absolute atomic E-state index is 0.722. The van der Waals surface area contributed by atoms with E-state index in [-0.39, 0.29) is 0 Å². The number of nitrogens with one attached hydrogen (secondary N) is 1. The fourth-order valence-corrected chi connectivity index (χ4v) is 2.04. The molecule has 15 heavy (non-hydrogen) atoms. The lowest BCUT2D eigenvalue weighted by molar-refractivity contribution is 0.552. The minimum Gasteiger partial charge on any atom is -0.312 e. The summed E-state index contributed by atoms with van der Waals surface area (Å²) in [7, 11) is 0. The van der Waals surface area contributed by atoms with Gasteiger partial charge >= 0.3 is 0 Å². The molecule has 2 heteroatoms. The maximum absolute atomic E-state index is 3.45. The maximum Gasteiger partial charge on any atom is 0.0205 e. The Balaban J connectivity index is 2.36. The molecule has 0 saturated heterocycles. The summed E-state index contributed by atoms with van der Waals surface area (Å²) in [5.41, 5.74) is 1.37. The molecule has 0 fully saturated rings. The second-order valence-electron chi connectivity index (χ2n) is 4.10. The Labute approximate surface area is 97.7 Å². The molecular formula is C13H21NS. The lowest BCUT2D eigenvalue weighted by Crippen LogP contribution is -2.18. The van der Waals surface area contributed by atoms with Crippen LogP contribution in [0.25, 0.3) is 0 Å². The number of hydrogen-bond acceptors (Lipinski definition) is 2. The van der Waals surface area contributed by atoms with Crippen molar-refractivity contribution in [2.45, 2.75) is 32.2 Å². The van der Waals surface area contributed by atoms with Gasteiger partial charge in [0.25, 0.3) is 0 Å². The predicted molar refractivity (Wildman–Crippen MR) is 69.4 cm³/mol. The zero-order chi connectivity index (χ0) is 11.1. The summed E-state index contributed by atoms with van der Waals surface area (Å²) in [6, 6.07) is 8.84. The summed E-state index contributed by atoms with van der Waals surface area (Å²) in [5, 5.41) is 3.45. The van der Waals surface area contributed by atoms with Gasteiger partial charge in [0, 0.05) is 11.4 Å². The van der Waals surface area contributed by atoms with Gasteiger partial charge in [-0.2, -0.15) is 0 Å². The van der Waals surface area contributed by atoms with Gasteiger partial charge in [-0.3, -0.25) is 0 Å². The third kappa shape index (κ3) is 5.24. The normalized spacial score (nSPS) is 10.9. The molecule has 0 heterocycles. The van der Waals surface area contributed by atoms with Crippen LogP contribution in [0.15, 0.2) is 29.2 Å². The molecule has 0 amide bonds. The van der Waals surface area contributed by atoms with Crippen LogP contribution in [0.5, 0.6) is 0 Å².